The van der Waals surface area contributed by atoms with Gasteiger partial charge in [-0.05, 0) is 48.7 Å². The Morgan fingerprint density at radius 2 is 1.92 bits per heavy atom. The first-order valence-electron chi connectivity index (χ1n) is 7.84. The van der Waals surface area contributed by atoms with E-state index in [0.717, 1.165) is 24.1 Å². The number of carbonyl (C=O) groups is 2. The Balaban J connectivity index is 1.60. The molecule has 1 saturated carbocycles. The molecule has 0 atom stereocenters. The molecule has 0 heterocycles. The van der Waals surface area contributed by atoms with E-state index in [2.05, 4.69) is 10.6 Å². The van der Waals surface area contributed by atoms with Gasteiger partial charge in [0.05, 0.1) is 11.6 Å². The van der Waals surface area contributed by atoms with Gasteiger partial charge in [-0.1, -0.05) is 18.2 Å². The highest BCUT2D eigenvalue weighted by atomic mass is 16.2. The minimum atomic E-state index is -0.237. The van der Waals surface area contributed by atoms with Gasteiger partial charge in [-0.2, -0.15) is 5.26 Å². The first kappa shape index (κ1) is 15.8. The van der Waals surface area contributed by atoms with Gasteiger partial charge in [0.15, 0.2) is 0 Å². The maximum Gasteiger partial charge on any atom is 0.251 e. The summed E-state index contributed by atoms with van der Waals surface area (Å²) in [6.45, 7) is 0.350. The molecule has 0 radical (unpaired) electrons. The number of benzene rings is 2. The lowest BCUT2D eigenvalue weighted by Crippen LogP contribution is -2.23. The van der Waals surface area contributed by atoms with E-state index < -0.39 is 0 Å². The third-order valence-corrected chi connectivity index (χ3v) is 3.85. The summed E-state index contributed by atoms with van der Waals surface area (Å²) < 4.78 is 0. The Bertz CT molecular complexity index is 819. The van der Waals surface area contributed by atoms with Gasteiger partial charge in [0.1, 0.15) is 0 Å². The van der Waals surface area contributed by atoms with Crippen molar-refractivity contribution in [3.8, 4) is 6.07 Å². The van der Waals surface area contributed by atoms with Crippen LogP contribution >= 0.6 is 0 Å². The highest BCUT2D eigenvalue weighted by molar-refractivity contribution is 5.95. The smallest absolute Gasteiger partial charge is 0.251 e. The van der Waals surface area contributed by atoms with Crippen LogP contribution in [-0.2, 0) is 11.3 Å². The third kappa shape index (κ3) is 3.99. The van der Waals surface area contributed by atoms with E-state index in [1.165, 1.54) is 0 Å². The van der Waals surface area contributed by atoms with Crippen molar-refractivity contribution >= 4 is 17.5 Å². The van der Waals surface area contributed by atoms with E-state index in [0.29, 0.717) is 17.7 Å². The van der Waals surface area contributed by atoms with E-state index in [4.69, 9.17) is 5.26 Å². The van der Waals surface area contributed by atoms with Crippen molar-refractivity contribution in [3.63, 3.8) is 0 Å². The number of amides is 2. The van der Waals surface area contributed by atoms with Crippen LogP contribution in [0.15, 0.2) is 48.5 Å². The van der Waals surface area contributed by atoms with E-state index in [-0.39, 0.29) is 17.7 Å². The normalized spacial score (nSPS) is 13.0. The molecule has 24 heavy (non-hydrogen) atoms. The van der Waals surface area contributed by atoms with Gasteiger partial charge < -0.3 is 10.6 Å². The zero-order chi connectivity index (χ0) is 16.9. The number of nitrogens with zero attached hydrogens (tertiary/aromatic N) is 1. The van der Waals surface area contributed by atoms with E-state index in [1.807, 2.05) is 30.3 Å². The van der Waals surface area contributed by atoms with E-state index >= 15 is 0 Å². The maximum absolute atomic E-state index is 12.2. The van der Waals surface area contributed by atoms with Crippen molar-refractivity contribution in [1.29, 1.82) is 5.26 Å². The van der Waals surface area contributed by atoms with Gasteiger partial charge >= 0.3 is 0 Å². The Hall–Kier alpha value is -3.13. The molecular weight excluding hydrogens is 302 g/mol. The molecule has 120 valence electrons. The van der Waals surface area contributed by atoms with Crippen LogP contribution in [0.5, 0.6) is 0 Å². The minimum absolute atomic E-state index is 0.0597. The summed E-state index contributed by atoms with van der Waals surface area (Å²) in [6, 6.07) is 16.0. The van der Waals surface area contributed by atoms with Gasteiger partial charge in [0.25, 0.3) is 5.91 Å². The summed E-state index contributed by atoms with van der Waals surface area (Å²) in [5.74, 6) is -0.0233. The fourth-order valence-electron chi connectivity index (χ4n) is 2.36. The Labute approximate surface area is 140 Å². The van der Waals surface area contributed by atoms with Crippen LogP contribution in [0.3, 0.4) is 0 Å². The summed E-state index contributed by atoms with van der Waals surface area (Å²) in [7, 11) is 0. The third-order valence-electron chi connectivity index (χ3n) is 3.85. The van der Waals surface area contributed by atoms with E-state index in [1.54, 1.807) is 24.3 Å². The molecule has 2 aromatic rings. The van der Waals surface area contributed by atoms with Crippen LogP contribution < -0.4 is 10.6 Å². The predicted octanol–water partition coefficient (Wildman–Crippen LogP) is 2.84. The second-order valence-corrected chi connectivity index (χ2v) is 5.84. The maximum atomic E-state index is 12.2. The summed E-state index contributed by atoms with van der Waals surface area (Å²) in [5, 5.41) is 14.6. The van der Waals surface area contributed by atoms with Crippen molar-refractivity contribution in [3.05, 3.63) is 65.2 Å². The molecule has 5 heteroatoms. The second-order valence-electron chi connectivity index (χ2n) is 5.84. The second kappa shape index (κ2) is 6.97. The van der Waals surface area contributed by atoms with Crippen LogP contribution in [-0.4, -0.2) is 11.8 Å². The molecule has 0 saturated heterocycles. The van der Waals surface area contributed by atoms with E-state index in [9.17, 15) is 9.59 Å². The standard InChI is InChI=1S/C19H17N3O2/c20-11-13-3-1-5-16(9-13)18(23)21-12-14-4-2-6-17(10-14)22-19(24)15-7-8-15/h1-6,9-10,15H,7-8,12H2,(H,21,23)(H,22,24). The fraction of sp³-hybridized carbons (Fsp3) is 0.211. The van der Waals surface area contributed by atoms with Crippen molar-refractivity contribution in [2.24, 2.45) is 5.92 Å². The predicted molar refractivity (Wildman–Crippen MR) is 90.1 cm³/mol. The number of hydrogen-bond donors (Lipinski definition) is 2. The summed E-state index contributed by atoms with van der Waals surface area (Å²) in [6.07, 6.45) is 1.92. The summed E-state index contributed by atoms with van der Waals surface area (Å²) in [5.41, 5.74) is 2.54. The molecule has 0 aromatic heterocycles. The zero-order valence-electron chi connectivity index (χ0n) is 13.1. The molecule has 0 spiro atoms. The molecular formula is C19H17N3O2. The first-order valence-corrected chi connectivity index (χ1v) is 7.84. The quantitative estimate of drug-likeness (QED) is 0.889. The van der Waals surface area contributed by atoms with Gasteiger partial charge in [0.2, 0.25) is 5.91 Å². The number of nitrogens with one attached hydrogen (secondary N) is 2. The van der Waals surface area contributed by atoms with Crippen molar-refractivity contribution in [2.75, 3.05) is 5.32 Å². The van der Waals surface area contributed by atoms with Crippen molar-refractivity contribution in [2.45, 2.75) is 19.4 Å². The van der Waals surface area contributed by atoms with Crippen LogP contribution in [0.25, 0.3) is 0 Å². The SMILES string of the molecule is N#Cc1cccc(C(=O)NCc2cccc(NC(=O)C3CC3)c2)c1. The zero-order valence-corrected chi connectivity index (χ0v) is 13.1. The van der Waals surface area contributed by atoms with Gasteiger partial charge in [0, 0.05) is 23.7 Å². The Morgan fingerprint density at radius 3 is 2.67 bits per heavy atom. The molecule has 3 rings (SSSR count). The number of rotatable bonds is 5. The molecule has 0 bridgehead atoms. The number of hydrogen-bond acceptors (Lipinski definition) is 3. The van der Waals surface area contributed by atoms with Crippen LogP contribution in [0, 0.1) is 17.2 Å². The summed E-state index contributed by atoms with van der Waals surface area (Å²) in [4.78, 5) is 23.9. The van der Waals surface area contributed by atoms with Gasteiger partial charge in [-0.3, -0.25) is 9.59 Å². The van der Waals surface area contributed by atoms with Crippen LogP contribution in [0.2, 0.25) is 0 Å². The molecule has 5 nitrogen and oxygen atoms in total. The lowest BCUT2D eigenvalue weighted by Gasteiger charge is -2.09. The van der Waals surface area contributed by atoms with Crippen molar-refractivity contribution in [1.82, 2.24) is 5.32 Å². The first-order chi connectivity index (χ1) is 11.7. The summed E-state index contributed by atoms with van der Waals surface area (Å²) >= 11 is 0. The largest absolute Gasteiger partial charge is 0.348 e. The topological polar surface area (TPSA) is 82.0 Å². The average Bonchev–Trinajstić information content (AvgIpc) is 3.45. The van der Waals surface area contributed by atoms with Crippen LogP contribution in [0.1, 0.15) is 34.3 Å². The Morgan fingerprint density at radius 1 is 1.12 bits per heavy atom. The Kier molecular flexibility index (Phi) is 4.57. The van der Waals surface area contributed by atoms with Gasteiger partial charge in [-0.25, -0.2) is 0 Å². The van der Waals surface area contributed by atoms with Crippen LogP contribution in [0.4, 0.5) is 5.69 Å². The molecule has 0 unspecified atom stereocenters. The number of carbonyl (C=O) groups excluding carboxylic acids is 2. The number of anilines is 1. The monoisotopic (exact) mass is 319 g/mol. The molecule has 2 N–H and O–H groups in total. The minimum Gasteiger partial charge on any atom is -0.348 e. The lowest BCUT2D eigenvalue weighted by atomic mass is 10.1. The molecule has 1 aliphatic carbocycles. The van der Waals surface area contributed by atoms with Crippen molar-refractivity contribution < 1.29 is 9.59 Å². The number of nitriles is 1. The van der Waals surface area contributed by atoms with Gasteiger partial charge in [-0.15, -0.1) is 0 Å². The molecule has 1 aliphatic rings. The average molecular weight is 319 g/mol. The highest BCUT2D eigenvalue weighted by Crippen LogP contribution is 2.30. The molecule has 0 aliphatic heterocycles. The fourth-order valence-corrected chi connectivity index (χ4v) is 2.36. The highest BCUT2D eigenvalue weighted by Gasteiger charge is 2.29. The lowest BCUT2D eigenvalue weighted by molar-refractivity contribution is -0.117. The molecule has 1 fully saturated rings. The molecule has 2 amide bonds. The molecule has 2 aromatic carbocycles.